The zero-order chi connectivity index (χ0) is 18.8. The molecule has 5 nitrogen and oxygen atoms in total. The number of carbonyl (C=O) groups excluding carboxylic acids is 3. The van der Waals surface area contributed by atoms with Crippen molar-refractivity contribution in [3.63, 3.8) is 0 Å². The van der Waals surface area contributed by atoms with Crippen LogP contribution in [0.25, 0.3) is 0 Å². The summed E-state index contributed by atoms with van der Waals surface area (Å²) in [5.41, 5.74) is 2.91. The highest BCUT2D eigenvalue weighted by molar-refractivity contribution is 8.00. The molecule has 26 heavy (non-hydrogen) atoms. The Hall–Kier alpha value is -2.91. The molecule has 0 fully saturated rings. The summed E-state index contributed by atoms with van der Waals surface area (Å²) in [6, 6.07) is 12.0. The third kappa shape index (κ3) is 3.53. The molecule has 0 spiro atoms. The van der Waals surface area contributed by atoms with E-state index in [-0.39, 0.29) is 11.5 Å². The fourth-order valence-corrected chi connectivity index (χ4v) is 3.71. The maximum absolute atomic E-state index is 12.8. The number of Topliss-reactive ketones (excluding diaryl/α,β-unsaturated/α-hetero) is 2. The number of hydrogen-bond acceptors (Lipinski definition) is 5. The number of anilines is 1. The fourth-order valence-electron chi connectivity index (χ4n) is 2.92. The standard InChI is InChI=1S/C20H16N2O3S/c1-11-5-12(2)7-14(6-11)20(25)15(9-21)19(24)13-3-4-17-16(8-13)22-18(23)10-26-17/h3-8,15H,10H2,1-2H3,(H,22,23). The van der Waals surface area contributed by atoms with Crippen molar-refractivity contribution in [2.75, 3.05) is 11.1 Å². The Bertz CT molecular complexity index is 955. The summed E-state index contributed by atoms with van der Waals surface area (Å²) in [7, 11) is 0. The molecular weight excluding hydrogens is 348 g/mol. The van der Waals surface area contributed by atoms with Gasteiger partial charge in [0, 0.05) is 16.0 Å². The summed E-state index contributed by atoms with van der Waals surface area (Å²) in [4.78, 5) is 37.9. The molecule has 1 N–H and O–H groups in total. The second kappa shape index (κ2) is 7.14. The monoisotopic (exact) mass is 364 g/mol. The molecule has 1 aliphatic rings. The first-order chi connectivity index (χ1) is 12.4. The van der Waals surface area contributed by atoms with Gasteiger partial charge in [-0.25, -0.2) is 0 Å². The van der Waals surface area contributed by atoms with Gasteiger partial charge in [0.05, 0.1) is 17.5 Å². The van der Waals surface area contributed by atoms with E-state index in [1.807, 2.05) is 26.0 Å². The van der Waals surface area contributed by atoms with E-state index < -0.39 is 17.5 Å². The molecule has 0 aromatic heterocycles. The number of rotatable bonds is 4. The number of nitrogens with one attached hydrogen (secondary N) is 1. The van der Waals surface area contributed by atoms with E-state index in [4.69, 9.17) is 0 Å². The van der Waals surface area contributed by atoms with Crippen molar-refractivity contribution in [2.45, 2.75) is 18.7 Å². The molecule has 3 rings (SSSR count). The molecule has 1 atom stereocenters. The number of carbonyl (C=O) groups is 3. The summed E-state index contributed by atoms with van der Waals surface area (Å²) in [5, 5.41) is 12.2. The molecule has 2 aromatic rings. The van der Waals surface area contributed by atoms with Gasteiger partial charge in [-0.15, -0.1) is 11.8 Å². The minimum atomic E-state index is -1.42. The lowest BCUT2D eigenvalue weighted by atomic mass is 9.90. The quantitative estimate of drug-likeness (QED) is 0.662. The molecule has 0 saturated carbocycles. The van der Waals surface area contributed by atoms with Gasteiger partial charge in [-0.05, 0) is 38.1 Å². The fraction of sp³-hybridized carbons (Fsp3) is 0.200. The van der Waals surface area contributed by atoms with Gasteiger partial charge in [0.15, 0.2) is 17.5 Å². The third-order valence-electron chi connectivity index (χ3n) is 4.06. The van der Waals surface area contributed by atoms with E-state index in [2.05, 4.69) is 5.32 Å². The molecule has 0 bridgehead atoms. The van der Waals surface area contributed by atoms with Crippen LogP contribution < -0.4 is 5.32 Å². The van der Waals surface area contributed by atoms with Crippen molar-refractivity contribution in [3.05, 3.63) is 58.7 Å². The zero-order valence-electron chi connectivity index (χ0n) is 14.3. The van der Waals surface area contributed by atoms with Crippen LogP contribution in [0.2, 0.25) is 0 Å². The molecule has 2 aromatic carbocycles. The summed E-state index contributed by atoms with van der Waals surface area (Å²) in [6.45, 7) is 3.72. The normalized spacial score (nSPS) is 14.0. The first kappa shape index (κ1) is 17.9. The summed E-state index contributed by atoms with van der Waals surface area (Å²) in [5.74, 6) is -2.31. The Labute approximate surface area is 155 Å². The topological polar surface area (TPSA) is 87.0 Å². The van der Waals surface area contributed by atoms with Gasteiger partial charge in [0.25, 0.3) is 0 Å². The second-order valence-corrected chi connectivity index (χ2v) is 7.23. The van der Waals surface area contributed by atoms with Crippen molar-refractivity contribution in [3.8, 4) is 6.07 Å². The molecule has 1 unspecified atom stereocenters. The van der Waals surface area contributed by atoms with Crippen molar-refractivity contribution in [2.24, 2.45) is 5.92 Å². The number of benzene rings is 2. The van der Waals surface area contributed by atoms with Crippen molar-refractivity contribution in [1.82, 2.24) is 0 Å². The predicted octanol–water partition coefficient (Wildman–Crippen LogP) is 3.55. The van der Waals surface area contributed by atoms with E-state index in [0.29, 0.717) is 17.0 Å². The van der Waals surface area contributed by atoms with Gasteiger partial charge < -0.3 is 5.32 Å². The molecule has 0 aliphatic carbocycles. The van der Waals surface area contributed by atoms with Gasteiger partial charge >= 0.3 is 0 Å². The number of fused-ring (bicyclic) bond motifs is 1. The van der Waals surface area contributed by atoms with Gasteiger partial charge in [-0.1, -0.05) is 23.3 Å². The van der Waals surface area contributed by atoms with Crippen LogP contribution >= 0.6 is 11.8 Å². The van der Waals surface area contributed by atoms with Crippen LogP contribution in [0, 0.1) is 31.1 Å². The van der Waals surface area contributed by atoms with Crippen molar-refractivity contribution >= 4 is 34.9 Å². The summed E-state index contributed by atoms with van der Waals surface area (Å²) >= 11 is 1.38. The number of hydrogen-bond donors (Lipinski definition) is 1. The molecular formula is C20H16N2O3S. The molecule has 0 saturated heterocycles. The molecule has 6 heteroatoms. The van der Waals surface area contributed by atoms with E-state index in [1.165, 1.54) is 17.8 Å². The van der Waals surface area contributed by atoms with E-state index >= 15 is 0 Å². The van der Waals surface area contributed by atoms with Crippen LogP contribution in [0.5, 0.6) is 0 Å². The van der Waals surface area contributed by atoms with Crippen LogP contribution in [0.1, 0.15) is 31.8 Å². The second-order valence-electron chi connectivity index (χ2n) is 6.21. The Morgan fingerprint density at radius 3 is 2.38 bits per heavy atom. The highest BCUT2D eigenvalue weighted by Gasteiger charge is 2.29. The smallest absolute Gasteiger partial charge is 0.234 e. The minimum Gasteiger partial charge on any atom is -0.324 e. The lowest BCUT2D eigenvalue weighted by Gasteiger charge is -2.17. The van der Waals surface area contributed by atoms with Crippen LogP contribution in [0.15, 0.2) is 41.3 Å². The lowest BCUT2D eigenvalue weighted by molar-refractivity contribution is -0.113. The summed E-state index contributed by atoms with van der Waals surface area (Å²) < 4.78 is 0. The zero-order valence-corrected chi connectivity index (χ0v) is 15.1. The van der Waals surface area contributed by atoms with Crippen molar-refractivity contribution in [1.29, 1.82) is 5.26 Å². The highest BCUT2D eigenvalue weighted by Crippen LogP contribution is 2.32. The number of nitrogens with zero attached hydrogens (tertiary/aromatic N) is 1. The number of aryl methyl sites for hydroxylation is 2. The number of amides is 1. The van der Waals surface area contributed by atoms with Gasteiger partial charge in [0.2, 0.25) is 5.91 Å². The SMILES string of the molecule is Cc1cc(C)cc(C(=O)C(C#N)C(=O)c2ccc3c(c2)NC(=O)CS3)c1. The van der Waals surface area contributed by atoms with Gasteiger partial charge in [0.1, 0.15) is 0 Å². The summed E-state index contributed by atoms with van der Waals surface area (Å²) in [6.07, 6.45) is 0. The maximum Gasteiger partial charge on any atom is 0.234 e. The maximum atomic E-state index is 12.8. The Kier molecular flexibility index (Phi) is 4.92. The molecule has 1 aliphatic heterocycles. The van der Waals surface area contributed by atoms with Crippen LogP contribution in [-0.4, -0.2) is 23.2 Å². The first-order valence-corrected chi connectivity index (χ1v) is 9.00. The number of ketones is 2. The van der Waals surface area contributed by atoms with Crippen LogP contribution in [0.4, 0.5) is 5.69 Å². The van der Waals surface area contributed by atoms with Gasteiger partial charge in [-0.2, -0.15) is 5.26 Å². The van der Waals surface area contributed by atoms with E-state index in [0.717, 1.165) is 16.0 Å². The Balaban J connectivity index is 1.92. The molecule has 1 amide bonds. The lowest BCUT2D eigenvalue weighted by Crippen LogP contribution is -2.24. The van der Waals surface area contributed by atoms with E-state index in [9.17, 15) is 19.6 Å². The predicted molar refractivity (Wildman–Crippen MR) is 99.5 cm³/mol. The van der Waals surface area contributed by atoms with Crippen LogP contribution in [-0.2, 0) is 4.79 Å². The molecule has 130 valence electrons. The molecule has 0 radical (unpaired) electrons. The average molecular weight is 364 g/mol. The Morgan fingerprint density at radius 2 is 1.73 bits per heavy atom. The first-order valence-electron chi connectivity index (χ1n) is 8.02. The van der Waals surface area contributed by atoms with E-state index in [1.54, 1.807) is 24.3 Å². The Morgan fingerprint density at radius 1 is 1.08 bits per heavy atom. The van der Waals surface area contributed by atoms with Crippen molar-refractivity contribution < 1.29 is 14.4 Å². The third-order valence-corrected chi connectivity index (χ3v) is 5.13. The number of nitriles is 1. The number of thioether (sulfide) groups is 1. The molecule has 1 heterocycles. The van der Waals surface area contributed by atoms with Crippen LogP contribution in [0.3, 0.4) is 0 Å². The minimum absolute atomic E-state index is 0.143. The largest absolute Gasteiger partial charge is 0.324 e. The van der Waals surface area contributed by atoms with Gasteiger partial charge in [-0.3, -0.25) is 14.4 Å². The highest BCUT2D eigenvalue weighted by atomic mass is 32.2. The average Bonchev–Trinajstić information content (AvgIpc) is 2.60.